The predicted molar refractivity (Wildman–Crippen MR) is 68.7 cm³/mol. The standard InChI is InChI=1S/C14H19NO3/c1-14(13(16)17,15-9-10-7-8-10)11-5-3-4-6-12(11)18-2/h3-6,10,15H,7-9H2,1-2H3,(H,16,17). The minimum absolute atomic E-state index is 0.602. The van der Waals surface area contributed by atoms with Gasteiger partial charge in [-0.25, -0.2) is 4.79 Å². The smallest absolute Gasteiger partial charge is 0.328 e. The number of carbonyl (C=O) groups is 1. The van der Waals surface area contributed by atoms with Crippen LogP contribution >= 0.6 is 0 Å². The third kappa shape index (κ3) is 2.48. The number of nitrogens with one attached hydrogen (secondary N) is 1. The van der Waals surface area contributed by atoms with E-state index >= 15 is 0 Å². The van der Waals surface area contributed by atoms with Gasteiger partial charge < -0.3 is 9.84 Å². The summed E-state index contributed by atoms with van der Waals surface area (Å²) in [6.45, 7) is 2.43. The predicted octanol–water partition coefficient (Wildman–Crippen LogP) is 1.99. The molecule has 4 heteroatoms. The molecule has 0 aliphatic heterocycles. The minimum atomic E-state index is -1.10. The maximum atomic E-state index is 11.6. The molecule has 1 atom stereocenters. The number of rotatable bonds is 6. The summed E-state index contributed by atoms with van der Waals surface area (Å²) in [6.07, 6.45) is 2.38. The highest BCUT2D eigenvalue weighted by Gasteiger charge is 2.38. The molecule has 0 heterocycles. The lowest BCUT2D eigenvalue weighted by Crippen LogP contribution is -2.47. The summed E-state index contributed by atoms with van der Waals surface area (Å²) < 4.78 is 5.26. The molecule has 1 aromatic rings. The Morgan fingerprint density at radius 3 is 2.72 bits per heavy atom. The number of benzene rings is 1. The van der Waals surface area contributed by atoms with Crippen LogP contribution in [0.15, 0.2) is 24.3 Å². The van der Waals surface area contributed by atoms with E-state index in [2.05, 4.69) is 5.32 Å². The number of hydrogen-bond acceptors (Lipinski definition) is 3. The van der Waals surface area contributed by atoms with Gasteiger partial charge in [-0.15, -0.1) is 0 Å². The fraction of sp³-hybridized carbons (Fsp3) is 0.500. The van der Waals surface area contributed by atoms with Crippen LogP contribution in [-0.2, 0) is 10.3 Å². The van der Waals surface area contributed by atoms with Crippen LogP contribution in [0.4, 0.5) is 0 Å². The lowest BCUT2D eigenvalue weighted by Gasteiger charge is -2.28. The fourth-order valence-corrected chi connectivity index (χ4v) is 2.01. The van der Waals surface area contributed by atoms with Gasteiger partial charge in [0.05, 0.1) is 7.11 Å². The van der Waals surface area contributed by atoms with Gasteiger partial charge in [-0.2, -0.15) is 0 Å². The molecule has 1 fully saturated rings. The van der Waals surface area contributed by atoms with Crippen LogP contribution in [-0.4, -0.2) is 24.7 Å². The van der Waals surface area contributed by atoms with Crippen molar-refractivity contribution in [2.75, 3.05) is 13.7 Å². The lowest BCUT2D eigenvalue weighted by molar-refractivity contribution is -0.144. The number of hydrogen-bond donors (Lipinski definition) is 2. The second-order valence-electron chi connectivity index (χ2n) is 4.95. The average molecular weight is 249 g/mol. The zero-order valence-corrected chi connectivity index (χ0v) is 10.8. The third-order valence-electron chi connectivity index (χ3n) is 3.51. The largest absolute Gasteiger partial charge is 0.496 e. The molecule has 2 rings (SSSR count). The summed E-state index contributed by atoms with van der Waals surface area (Å²) in [6, 6.07) is 7.26. The SMILES string of the molecule is COc1ccccc1C(C)(NCC1CC1)C(=O)O. The summed E-state index contributed by atoms with van der Waals surface area (Å²) in [4.78, 5) is 11.6. The van der Waals surface area contributed by atoms with Gasteiger partial charge >= 0.3 is 5.97 Å². The average Bonchev–Trinajstić information content (AvgIpc) is 3.19. The van der Waals surface area contributed by atoms with Gasteiger partial charge in [0.15, 0.2) is 0 Å². The van der Waals surface area contributed by atoms with Crippen LogP contribution in [0.2, 0.25) is 0 Å². The molecule has 0 saturated heterocycles. The van der Waals surface area contributed by atoms with Gasteiger partial charge in [0, 0.05) is 5.56 Å². The monoisotopic (exact) mass is 249 g/mol. The summed E-state index contributed by atoms with van der Waals surface area (Å²) in [5.74, 6) is 0.344. The molecule has 0 radical (unpaired) electrons. The van der Waals surface area contributed by atoms with Crippen molar-refractivity contribution >= 4 is 5.97 Å². The molecule has 1 unspecified atom stereocenters. The Morgan fingerprint density at radius 2 is 2.17 bits per heavy atom. The first-order chi connectivity index (χ1) is 8.58. The molecule has 4 nitrogen and oxygen atoms in total. The van der Waals surface area contributed by atoms with Crippen molar-refractivity contribution in [1.29, 1.82) is 0 Å². The molecule has 18 heavy (non-hydrogen) atoms. The van der Waals surface area contributed by atoms with Crippen molar-refractivity contribution in [3.05, 3.63) is 29.8 Å². The second kappa shape index (κ2) is 4.98. The van der Waals surface area contributed by atoms with Gasteiger partial charge in [0.25, 0.3) is 0 Å². The Balaban J connectivity index is 2.29. The Morgan fingerprint density at radius 1 is 1.50 bits per heavy atom. The number of methoxy groups -OCH3 is 1. The van der Waals surface area contributed by atoms with E-state index in [9.17, 15) is 9.90 Å². The van der Waals surface area contributed by atoms with Crippen molar-refractivity contribution in [1.82, 2.24) is 5.32 Å². The summed E-state index contributed by atoms with van der Waals surface area (Å²) in [5.41, 5.74) is -0.435. The van der Waals surface area contributed by atoms with Crippen LogP contribution in [0.5, 0.6) is 5.75 Å². The molecule has 1 aromatic carbocycles. The Hall–Kier alpha value is -1.55. The molecule has 2 N–H and O–H groups in total. The minimum Gasteiger partial charge on any atom is -0.496 e. The van der Waals surface area contributed by atoms with Gasteiger partial charge in [-0.05, 0) is 38.3 Å². The van der Waals surface area contributed by atoms with Crippen LogP contribution in [0.25, 0.3) is 0 Å². The third-order valence-corrected chi connectivity index (χ3v) is 3.51. The van der Waals surface area contributed by atoms with E-state index in [4.69, 9.17) is 4.74 Å². The number of ether oxygens (including phenoxy) is 1. The quantitative estimate of drug-likeness (QED) is 0.809. The summed E-state index contributed by atoms with van der Waals surface area (Å²) >= 11 is 0. The first-order valence-electron chi connectivity index (χ1n) is 6.20. The lowest BCUT2D eigenvalue weighted by atomic mass is 9.91. The van der Waals surface area contributed by atoms with Crippen LogP contribution in [0, 0.1) is 5.92 Å². The summed E-state index contributed by atoms with van der Waals surface area (Å²) in [7, 11) is 1.56. The molecule has 0 amide bonds. The highest BCUT2D eigenvalue weighted by atomic mass is 16.5. The van der Waals surface area contributed by atoms with Gasteiger partial charge in [-0.1, -0.05) is 18.2 Å². The maximum Gasteiger partial charge on any atom is 0.328 e. The Kier molecular flexibility index (Phi) is 3.57. The molecule has 0 spiro atoms. The van der Waals surface area contributed by atoms with Crippen molar-refractivity contribution in [2.24, 2.45) is 5.92 Å². The van der Waals surface area contributed by atoms with E-state index in [0.29, 0.717) is 17.2 Å². The van der Waals surface area contributed by atoms with Crippen LogP contribution in [0.3, 0.4) is 0 Å². The fourth-order valence-electron chi connectivity index (χ4n) is 2.01. The molecule has 1 aliphatic rings. The van der Waals surface area contributed by atoms with Crippen molar-refractivity contribution in [2.45, 2.75) is 25.3 Å². The molecule has 0 bridgehead atoms. The summed E-state index contributed by atoms with van der Waals surface area (Å²) in [5, 5.41) is 12.7. The van der Waals surface area contributed by atoms with Gasteiger partial charge in [0.2, 0.25) is 0 Å². The number of aliphatic carboxylic acids is 1. The zero-order valence-electron chi connectivity index (χ0n) is 10.8. The molecular weight excluding hydrogens is 230 g/mol. The maximum absolute atomic E-state index is 11.6. The molecular formula is C14H19NO3. The van der Waals surface area contributed by atoms with E-state index in [0.717, 1.165) is 6.54 Å². The number of carboxylic acids is 1. The van der Waals surface area contributed by atoms with E-state index in [1.165, 1.54) is 12.8 Å². The van der Waals surface area contributed by atoms with E-state index < -0.39 is 11.5 Å². The molecule has 1 saturated carbocycles. The van der Waals surface area contributed by atoms with E-state index in [-0.39, 0.29) is 0 Å². The topological polar surface area (TPSA) is 58.6 Å². The van der Waals surface area contributed by atoms with E-state index in [1.54, 1.807) is 26.2 Å². The van der Waals surface area contributed by atoms with Gasteiger partial charge in [-0.3, -0.25) is 5.32 Å². The second-order valence-corrected chi connectivity index (χ2v) is 4.95. The Bertz CT molecular complexity index is 442. The molecule has 0 aromatic heterocycles. The van der Waals surface area contributed by atoms with Crippen LogP contribution < -0.4 is 10.1 Å². The molecule has 1 aliphatic carbocycles. The normalized spacial score (nSPS) is 18.1. The molecule has 98 valence electrons. The van der Waals surface area contributed by atoms with Crippen molar-refractivity contribution in [3.63, 3.8) is 0 Å². The first kappa shape index (κ1) is 12.9. The van der Waals surface area contributed by atoms with Crippen molar-refractivity contribution < 1.29 is 14.6 Å². The first-order valence-corrected chi connectivity index (χ1v) is 6.20. The number of para-hydroxylation sites is 1. The van der Waals surface area contributed by atoms with Gasteiger partial charge in [0.1, 0.15) is 11.3 Å². The highest BCUT2D eigenvalue weighted by molar-refractivity contribution is 5.81. The highest BCUT2D eigenvalue weighted by Crippen LogP contribution is 2.33. The Labute approximate surface area is 107 Å². The zero-order chi connectivity index (χ0) is 13.2. The van der Waals surface area contributed by atoms with E-state index in [1.807, 2.05) is 12.1 Å². The number of carboxylic acid groups (broad SMARTS) is 1. The van der Waals surface area contributed by atoms with Crippen LogP contribution in [0.1, 0.15) is 25.3 Å². The van der Waals surface area contributed by atoms with Crippen molar-refractivity contribution in [3.8, 4) is 5.75 Å².